The Labute approximate surface area is 105 Å². The maximum atomic E-state index is 9.12. The quantitative estimate of drug-likeness (QED) is 0.852. The van der Waals surface area contributed by atoms with Gasteiger partial charge < -0.3 is 9.64 Å². The van der Waals surface area contributed by atoms with Crippen molar-refractivity contribution in [3.63, 3.8) is 0 Å². The summed E-state index contributed by atoms with van der Waals surface area (Å²) < 4.78 is 6.04. The Morgan fingerprint density at radius 1 is 1.50 bits per heavy atom. The summed E-state index contributed by atoms with van der Waals surface area (Å²) in [5, 5.41) is 9.12. The first-order chi connectivity index (χ1) is 7.58. The summed E-state index contributed by atoms with van der Waals surface area (Å²) in [4.78, 5) is 2.01. The van der Waals surface area contributed by atoms with Crippen molar-refractivity contribution >= 4 is 15.9 Å². The molecule has 1 unspecified atom stereocenters. The number of methoxy groups -OCH3 is 1. The second-order valence-corrected chi connectivity index (χ2v) is 4.69. The molecule has 0 amide bonds. The summed E-state index contributed by atoms with van der Waals surface area (Å²) >= 11 is 3.42. The molecule has 4 heteroatoms. The largest absolute Gasteiger partial charge is 0.496 e. The molecule has 0 saturated heterocycles. The molecule has 16 heavy (non-hydrogen) atoms. The van der Waals surface area contributed by atoms with Crippen molar-refractivity contribution in [2.24, 2.45) is 0 Å². The fraction of sp³-hybridized carbons (Fsp3) is 0.417. The van der Waals surface area contributed by atoms with Crippen molar-refractivity contribution in [1.82, 2.24) is 4.90 Å². The maximum absolute atomic E-state index is 9.12. The van der Waals surface area contributed by atoms with Crippen LogP contribution in [0.2, 0.25) is 0 Å². The van der Waals surface area contributed by atoms with Gasteiger partial charge in [-0.1, -0.05) is 6.07 Å². The lowest BCUT2D eigenvalue weighted by molar-refractivity contribution is 0.397. The van der Waals surface area contributed by atoms with Crippen molar-refractivity contribution in [3.05, 3.63) is 28.2 Å². The molecule has 3 nitrogen and oxygen atoms in total. The molecule has 1 aromatic carbocycles. The Bertz CT molecular complexity index is 398. The van der Waals surface area contributed by atoms with E-state index < -0.39 is 0 Å². The van der Waals surface area contributed by atoms with E-state index in [9.17, 15) is 0 Å². The summed E-state index contributed by atoms with van der Waals surface area (Å²) in [5.74, 6) is 0.669. The Balaban J connectivity index is 2.95. The molecule has 0 aliphatic rings. The van der Waals surface area contributed by atoms with E-state index in [0.29, 0.717) is 0 Å². The zero-order valence-corrected chi connectivity index (χ0v) is 11.3. The first-order valence-electron chi connectivity index (χ1n) is 4.96. The molecule has 0 spiro atoms. The van der Waals surface area contributed by atoms with Gasteiger partial charge in [0.05, 0.1) is 23.6 Å². The minimum absolute atomic E-state index is 0.114. The smallest absolute Gasteiger partial charge is 0.133 e. The molecule has 0 fully saturated rings. The van der Waals surface area contributed by atoms with Crippen LogP contribution in [0.25, 0.3) is 0 Å². The number of ether oxygens (including phenoxy) is 1. The Hall–Kier alpha value is -1.05. The number of hydrogen-bond donors (Lipinski definition) is 0. The Kier molecular flexibility index (Phi) is 4.78. The number of nitriles is 1. The SMILES string of the molecule is COc1ccc(C(C#N)CN(C)C)cc1Br. The molecule has 1 aromatic rings. The Morgan fingerprint density at radius 3 is 2.62 bits per heavy atom. The van der Waals surface area contributed by atoms with Crippen LogP contribution in [0.1, 0.15) is 11.5 Å². The van der Waals surface area contributed by atoms with Gasteiger partial charge in [-0.05, 0) is 47.7 Å². The minimum Gasteiger partial charge on any atom is -0.496 e. The summed E-state index contributed by atoms with van der Waals surface area (Å²) in [5.41, 5.74) is 1.00. The molecular weight excluding hydrogens is 268 g/mol. The van der Waals surface area contributed by atoms with Crippen LogP contribution >= 0.6 is 15.9 Å². The number of likely N-dealkylation sites (N-methyl/N-ethyl adjacent to an activating group) is 1. The highest BCUT2D eigenvalue weighted by molar-refractivity contribution is 9.10. The van der Waals surface area contributed by atoms with E-state index in [1.54, 1.807) is 7.11 Å². The van der Waals surface area contributed by atoms with Gasteiger partial charge in [0.25, 0.3) is 0 Å². The lowest BCUT2D eigenvalue weighted by atomic mass is 10.0. The lowest BCUT2D eigenvalue weighted by Gasteiger charge is -2.15. The third-order valence-electron chi connectivity index (χ3n) is 2.28. The molecule has 0 aliphatic carbocycles. The highest BCUT2D eigenvalue weighted by Gasteiger charge is 2.13. The molecule has 0 aliphatic heterocycles. The van der Waals surface area contributed by atoms with Crippen LogP contribution in [-0.2, 0) is 0 Å². The lowest BCUT2D eigenvalue weighted by Crippen LogP contribution is -2.19. The third kappa shape index (κ3) is 3.22. The third-order valence-corrected chi connectivity index (χ3v) is 2.90. The van der Waals surface area contributed by atoms with Crippen molar-refractivity contribution in [1.29, 1.82) is 5.26 Å². The van der Waals surface area contributed by atoms with Gasteiger partial charge in [-0.25, -0.2) is 0 Å². The van der Waals surface area contributed by atoms with Crippen LogP contribution in [0.3, 0.4) is 0 Å². The molecule has 1 rings (SSSR count). The molecule has 0 heterocycles. The number of benzene rings is 1. The predicted molar refractivity (Wildman–Crippen MR) is 67.6 cm³/mol. The summed E-state index contributed by atoms with van der Waals surface area (Å²) in [6.45, 7) is 0.718. The first kappa shape index (κ1) is 13.0. The van der Waals surface area contributed by atoms with Crippen LogP contribution in [0, 0.1) is 11.3 Å². The molecule has 0 radical (unpaired) electrons. The van der Waals surface area contributed by atoms with Crippen molar-refractivity contribution in [2.45, 2.75) is 5.92 Å². The van der Waals surface area contributed by atoms with Crippen molar-refractivity contribution in [2.75, 3.05) is 27.7 Å². The van der Waals surface area contributed by atoms with E-state index >= 15 is 0 Å². The van der Waals surface area contributed by atoms with Gasteiger partial charge in [0.1, 0.15) is 5.75 Å². The van der Waals surface area contributed by atoms with Gasteiger partial charge in [-0.15, -0.1) is 0 Å². The van der Waals surface area contributed by atoms with Gasteiger partial charge in [0.15, 0.2) is 0 Å². The fourth-order valence-corrected chi connectivity index (χ4v) is 2.04. The van der Waals surface area contributed by atoms with E-state index in [1.807, 2.05) is 37.2 Å². The number of nitrogens with zero attached hydrogens (tertiary/aromatic N) is 2. The van der Waals surface area contributed by atoms with Gasteiger partial charge >= 0.3 is 0 Å². The van der Waals surface area contributed by atoms with Gasteiger partial charge in [0, 0.05) is 6.54 Å². The summed E-state index contributed by atoms with van der Waals surface area (Å²) in [6.07, 6.45) is 0. The predicted octanol–water partition coefficient (Wildman–Crippen LogP) is 2.63. The van der Waals surface area contributed by atoms with Gasteiger partial charge in [-0.2, -0.15) is 5.26 Å². The van der Waals surface area contributed by atoms with E-state index in [0.717, 1.165) is 22.3 Å². The highest BCUT2D eigenvalue weighted by atomic mass is 79.9. The first-order valence-corrected chi connectivity index (χ1v) is 5.75. The molecule has 0 aromatic heterocycles. The van der Waals surface area contributed by atoms with Crippen LogP contribution in [0.15, 0.2) is 22.7 Å². The zero-order chi connectivity index (χ0) is 12.1. The molecule has 1 atom stereocenters. The van der Waals surface area contributed by atoms with Crippen LogP contribution in [-0.4, -0.2) is 32.6 Å². The van der Waals surface area contributed by atoms with Gasteiger partial charge in [0.2, 0.25) is 0 Å². The van der Waals surface area contributed by atoms with E-state index in [1.165, 1.54) is 0 Å². The molecule has 0 bridgehead atoms. The second kappa shape index (κ2) is 5.88. The van der Waals surface area contributed by atoms with E-state index in [4.69, 9.17) is 10.00 Å². The Morgan fingerprint density at radius 2 is 2.19 bits per heavy atom. The van der Waals surface area contributed by atoms with Crippen LogP contribution < -0.4 is 4.74 Å². The molecule has 0 saturated carbocycles. The highest BCUT2D eigenvalue weighted by Crippen LogP contribution is 2.28. The van der Waals surface area contributed by atoms with E-state index in [-0.39, 0.29) is 5.92 Å². The van der Waals surface area contributed by atoms with Crippen molar-refractivity contribution in [3.8, 4) is 11.8 Å². The maximum Gasteiger partial charge on any atom is 0.133 e. The molecular formula is C12H15BrN2O. The van der Waals surface area contributed by atoms with Crippen LogP contribution in [0.5, 0.6) is 5.75 Å². The van der Waals surface area contributed by atoms with Crippen LogP contribution in [0.4, 0.5) is 0 Å². The molecule has 86 valence electrons. The average Bonchev–Trinajstić information content (AvgIpc) is 2.25. The standard InChI is InChI=1S/C12H15BrN2O/c1-15(2)8-10(7-14)9-4-5-12(16-3)11(13)6-9/h4-6,10H,8H2,1-3H3. The topological polar surface area (TPSA) is 36.3 Å². The van der Waals surface area contributed by atoms with Gasteiger partial charge in [-0.3, -0.25) is 0 Å². The summed E-state index contributed by atoms with van der Waals surface area (Å²) in [7, 11) is 5.55. The average molecular weight is 283 g/mol. The second-order valence-electron chi connectivity index (χ2n) is 3.84. The number of hydrogen-bond acceptors (Lipinski definition) is 3. The monoisotopic (exact) mass is 282 g/mol. The number of rotatable bonds is 4. The normalized spacial score (nSPS) is 12.2. The number of halogens is 1. The zero-order valence-electron chi connectivity index (χ0n) is 9.70. The minimum atomic E-state index is -0.114. The summed E-state index contributed by atoms with van der Waals surface area (Å²) in [6, 6.07) is 8.06. The van der Waals surface area contributed by atoms with Crippen molar-refractivity contribution < 1.29 is 4.74 Å². The van der Waals surface area contributed by atoms with E-state index in [2.05, 4.69) is 22.0 Å². The molecule has 0 N–H and O–H groups in total. The fourth-order valence-electron chi connectivity index (χ4n) is 1.49.